The van der Waals surface area contributed by atoms with Crippen molar-refractivity contribution in [2.24, 2.45) is 11.3 Å². The highest BCUT2D eigenvalue weighted by molar-refractivity contribution is 6.39. The summed E-state index contributed by atoms with van der Waals surface area (Å²) in [6, 6.07) is 15.1. The van der Waals surface area contributed by atoms with Crippen LogP contribution in [0.4, 0.5) is 5.69 Å². The molecule has 2 saturated carbocycles. The van der Waals surface area contributed by atoms with E-state index in [1.807, 2.05) is 30.3 Å². The van der Waals surface area contributed by atoms with Crippen LogP contribution in [0.5, 0.6) is 0 Å². The van der Waals surface area contributed by atoms with E-state index in [-0.39, 0.29) is 5.69 Å². The second-order valence-corrected chi connectivity index (χ2v) is 12.4. The smallest absolute Gasteiger partial charge is 0.354 e. The number of fused-ring (bicyclic) bond motifs is 1. The quantitative estimate of drug-likeness (QED) is 0.257. The van der Waals surface area contributed by atoms with Crippen LogP contribution in [-0.2, 0) is 6.42 Å². The van der Waals surface area contributed by atoms with Crippen LogP contribution in [0.1, 0.15) is 66.3 Å². The first-order valence-electron chi connectivity index (χ1n) is 13.7. The van der Waals surface area contributed by atoms with Crippen molar-refractivity contribution >= 4 is 45.8 Å². The molecule has 1 spiro atoms. The lowest BCUT2D eigenvalue weighted by Gasteiger charge is -2.53. The van der Waals surface area contributed by atoms with E-state index in [4.69, 9.17) is 27.7 Å². The van der Waals surface area contributed by atoms with Gasteiger partial charge in [0.1, 0.15) is 17.1 Å². The summed E-state index contributed by atoms with van der Waals surface area (Å²) in [5.74, 6) is 1.13. The lowest BCUT2D eigenvalue weighted by atomic mass is 9.56. The summed E-state index contributed by atoms with van der Waals surface area (Å²) < 4.78 is 5.89. The van der Waals surface area contributed by atoms with E-state index in [0.717, 1.165) is 54.8 Å². The molecule has 1 aliphatic heterocycles. The van der Waals surface area contributed by atoms with Gasteiger partial charge in [0.05, 0.1) is 15.6 Å². The number of nitrogens with zero attached hydrogens (tertiary/aromatic N) is 3. The molecule has 1 saturated heterocycles. The number of carboxylic acids is 1. The number of hydrogen-bond donors (Lipinski definition) is 1. The van der Waals surface area contributed by atoms with Crippen molar-refractivity contribution in [2.45, 2.75) is 50.9 Å². The Morgan fingerprint density at radius 2 is 1.79 bits per heavy atom. The Bertz CT molecular complexity index is 1560. The van der Waals surface area contributed by atoms with E-state index >= 15 is 0 Å². The van der Waals surface area contributed by atoms with Crippen LogP contribution in [0.25, 0.3) is 22.2 Å². The van der Waals surface area contributed by atoms with Gasteiger partial charge >= 0.3 is 5.97 Å². The predicted octanol–water partition coefficient (Wildman–Crippen LogP) is 8.01. The first-order valence-corrected chi connectivity index (χ1v) is 14.5. The molecule has 0 unspecified atom stereocenters. The van der Waals surface area contributed by atoms with Gasteiger partial charge in [0.2, 0.25) is 0 Å². The van der Waals surface area contributed by atoms with E-state index in [1.54, 1.807) is 6.07 Å². The normalized spacial score (nSPS) is 19.0. The molecular weight excluding hydrogens is 533 g/mol. The highest BCUT2D eigenvalue weighted by atomic mass is 35.5. The molecule has 39 heavy (non-hydrogen) atoms. The molecule has 200 valence electrons. The van der Waals surface area contributed by atoms with E-state index in [2.05, 4.69) is 27.2 Å². The molecule has 0 atom stereocenters. The van der Waals surface area contributed by atoms with Crippen LogP contribution >= 0.6 is 23.2 Å². The van der Waals surface area contributed by atoms with Gasteiger partial charge in [0.25, 0.3) is 0 Å². The van der Waals surface area contributed by atoms with Crippen LogP contribution in [0.2, 0.25) is 10.0 Å². The Kier molecular flexibility index (Phi) is 6.09. The van der Waals surface area contributed by atoms with E-state index < -0.39 is 5.97 Å². The molecule has 4 aromatic rings. The largest absolute Gasteiger partial charge is 0.477 e. The van der Waals surface area contributed by atoms with Crippen LogP contribution in [0, 0.1) is 11.3 Å². The fraction of sp³-hybridized carbons (Fsp3) is 0.387. The zero-order valence-electron chi connectivity index (χ0n) is 21.5. The molecule has 2 aromatic carbocycles. The van der Waals surface area contributed by atoms with E-state index in [9.17, 15) is 9.90 Å². The van der Waals surface area contributed by atoms with Crippen molar-refractivity contribution in [1.82, 2.24) is 10.1 Å². The zero-order valence-corrected chi connectivity index (χ0v) is 23.0. The minimum absolute atomic E-state index is 0.0761. The Labute approximate surface area is 236 Å². The number of pyridine rings is 1. The van der Waals surface area contributed by atoms with Crippen molar-refractivity contribution in [2.75, 3.05) is 18.0 Å². The monoisotopic (exact) mass is 561 g/mol. The van der Waals surface area contributed by atoms with Crippen LogP contribution in [0.15, 0.2) is 53.1 Å². The van der Waals surface area contributed by atoms with Crippen LogP contribution in [0.3, 0.4) is 0 Å². The molecule has 0 radical (unpaired) electrons. The van der Waals surface area contributed by atoms with Crippen molar-refractivity contribution in [1.29, 1.82) is 0 Å². The van der Waals surface area contributed by atoms with Crippen molar-refractivity contribution in [3.63, 3.8) is 0 Å². The number of piperidine rings is 1. The maximum atomic E-state index is 11.2. The third-order valence-electron chi connectivity index (χ3n) is 8.98. The molecule has 1 N–H and O–H groups in total. The summed E-state index contributed by atoms with van der Waals surface area (Å²) >= 11 is 13.1. The van der Waals surface area contributed by atoms with Gasteiger partial charge in [-0.15, -0.1) is 0 Å². The third kappa shape index (κ3) is 4.57. The molecule has 3 fully saturated rings. The second kappa shape index (κ2) is 9.53. The van der Waals surface area contributed by atoms with Crippen LogP contribution < -0.4 is 4.90 Å². The summed E-state index contributed by atoms with van der Waals surface area (Å²) in [6.45, 7) is 2.06. The average Bonchev–Trinajstić information content (AvgIpc) is 3.68. The summed E-state index contributed by atoms with van der Waals surface area (Å²) in [5.41, 5.74) is 5.20. The molecule has 2 aromatic heterocycles. The molecule has 8 heteroatoms. The lowest BCUT2D eigenvalue weighted by molar-refractivity contribution is 0.0282. The van der Waals surface area contributed by atoms with Gasteiger partial charge in [-0.1, -0.05) is 40.5 Å². The first kappa shape index (κ1) is 24.9. The van der Waals surface area contributed by atoms with Gasteiger partial charge in [-0.25, -0.2) is 9.78 Å². The fourth-order valence-electron chi connectivity index (χ4n) is 6.78. The van der Waals surface area contributed by atoms with Crippen LogP contribution in [-0.4, -0.2) is 34.3 Å². The SMILES string of the molecule is O=C(O)c1ccc2cc(N3CCC4(CC3)CC(Cc3c(-c5c(Cl)cccc5Cl)noc3C3CC3)C4)ccc2n1. The van der Waals surface area contributed by atoms with E-state index in [1.165, 1.54) is 36.9 Å². The lowest BCUT2D eigenvalue weighted by Crippen LogP contribution is -2.47. The molecule has 3 heterocycles. The number of aromatic carboxylic acids is 1. The number of carbonyl (C=O) groups is 1. The Hall–Kier alpha value is -3.09. The Balaban J connectivity index is 1.03. The Morgan fingerprint density at radius 1 is 1.05 bits per heavy atom. The highest BCUT2D eigenvalue weighted by Gasteiger charge is 2.46. The topological polar surface area (TPSA) is 79.5 Å². The molecule has 6 nitrogen and oxygen atoms in total. The first-order chi connectivity index (χ1) is 18.9. The summed E-state index contributed by atoms with van der Waals surface area (Å²) in [6.07, 6.45) is 8.10. The molecule has 7 rings (SSSR count). The number of benzene rings is 2. The number of rotatable bonds is 6. The minimum atomic E-state index is -1.00. The highest BCUT2D eigenvalue weighted by Crippen LogP contribution is 2.55. The number of aromatic nitrogens is 2. The average molecular weight is 562 g/mol. The molecular formula is C31H29Cl2N3O3. The maximum absolute atomic E-state index is 11.2. The molecule has 0 amide bonds. The number of halogens is 2. The third-order valence-corrected chi connectivity index (χ3v) is 9.61. The minimum Gasteiger partial charge on any atom is -0.477 e. The second-order valence-electron chi connectivity index (χ2n) is 11.6. The zero-order chi connectivity index (χ0) is 26.7. The number of carboxylic acid groups (broad SMARTS) is 1. The maximum Gasteiger partial charge on any atom is 0.354 e. The van der Waals surface area contributed by atoms with Crippen molar-refractivity contribution in [3.8, 4) is 11.3 Å². The van der Waals surface area contributed by atoms with Gasteiger partial charge < -0.3 is 14.5 Å². The van der Waals surface area contributed by atoms with Gasteiger partial charge in [0.15, 0.2) is 0 Å². The fourth-order valence-corrected chi connectivity index (χ4v) is 7.36. The molecule has 2 aliphatic carbocycles. The summed E-state index contributed by atoms with van der Waals surface area (Å²) in [5, 5.41) is 15.9. The molecule has 3 aliphatic rings. The standard InChI is InChI=1S/C31H29Cl2N3O3/c32-23-2-1-3-24(33)27(23)28-22(29(39-35-28)19-4-5-19)14-18-16-31(17-18)10-12-36(13-11-31)21-7-9-25-20(15-21)6-8-26(34-25)30(37)38/h1-3,6-9,15,18-19H,4-5,10-14,16-17H2,(H,37,38). The number of hydrogen-bond acceptors (Lipinski definition) is 5. The molecule has 0 bridgehead atoms. The van der Waals surface area contributed by atoms with Gasteiger partial charge in [-0.2, -0.15) is 0 Å². The van der Waals surface area contributed by atoms with Crippen molar-refractivity contribution in [3.05, 3.63) is 75.6 Å². The van der Waals surface area contributed by atoms with Gasteiger partial charge in [-0.3, -0.25) is 0 Å². The predicted molar refractivity (Wildman–Crippen MR) is 153 cm³/mol. The van der Waals surface area contributed by atoms with Gasteiger partial charge in [-0.05, 0) is 92.7 Å². The summed E-state index contributed by atoms with van der Waals surface area (Å²) in [4.78, 5) is 17.9. The van der Waals surface area contributed by atoms with Gasteiger partial charge in [0, 0.05) is 41.2 Å². The van der Waals surface area contributed by atoms with E-state index in [0.29, 0.717) is 32.8 Å². The Morgan fingerprint density at radius 3 is 2.49 bits per heavy atom. The number of anilines is 1. The summed E-state index contributed by atoms with van der Waals surface area (Å²) in [7, 11) is 0. The van der Waals surface area contributed by atoms with Crippen molar-refractivity contribution < 1.29 is 14.4 Å².